The van der Waals surface area contributed by atoms with Crippen LogP contribution in [0.4, 0.5) is 11.5 Å². The van der Waals surface area contributed by atoms with E-state index in [-0.39, 0.29) is 17.9 Å². The lowest BCUT2D eigenvalue weighted by Gasteiger charge is -2.27. The van der Waals surface area contributed by atoms with Crippen LogP contribution in [0.3, 0.4) is 0 Å². The van der Waals surface area contributed by atoms with Gasteiger partial charge in [0.2, 0.25) is 0 Å². The van der Waals surface area contributed by atoms with Crippen LogP contribution in [0, 0.1) is 6.92 Å². The Labute approximate surface area is 141 Å². The zero-order chi connectivity index (χ0) is 16.8. The number of para-hydroxylation sites is 1. The Morgan fingerprint density at radius 3 is 3.00 bits per heavy atom. The van der Waals surface area contributed by atoms with E-state index in [1.807, 2.05) is 12.1 Å². The molecule has 0 amide bonds. The van der Waals surface area contributed by atoms with E-state index in [4.69, 9.17) is 5.73 Å². The Bertz CT molecular complexity index is 810. The highest BCUT2D eigenvalue weighted by Crippen LogP contribution is 2.36. The van der Waals surface area contributed by atoms with E-state index in [2.05, 4.69) is 35.6 Å². The fourth-order valence-electron chi connectivity index (χ4n) is 3.95. The van der Waals surface area contributed by atoms with Crippen molar-refractivity contribution in [3.63, 3.8) is 0 Å². The van der Waals surface area contributed by atoms with Crippen molar-refractivity contribution >= 4 is 17.4 Å². The molecule has 6 heteroatoms. The fourth-order valence-corrected chi connectivity index (χ4v) is 3.95. The summed E-state index contributed by atoms with van der Waals surface area (Å²) in [5, 5.41) is 11.3. The second-order valence-corrected chi connectivity index (χ2v) is 6.73. The lowest BCUT2D eigenvalue weighted by molar-refractivity contribution is 0.0859. The van der Waals surface area contributed by atoms with Gasteiger partial charge in [-0.15, -0.1) is 0 Å². The van der Waals surface area contributed by atoms with Crippen LogP contribution in [-0.4, -0.2) is 28.8 Å². The minimum absolute atomic E-state index is 0.0255. The molecule has 2 aliphatic heterocycles. The number of aromatic nitrogens is 2. The monoisotopic (exact) mass is 325 g/mol. The van der Waals surface area contributed by atoms with Gasteiger partial charge in [0.15, 0.2) is 0 Å². The van der Waals surface area contributed by atoms with Crippen molar-refractivity contribution in [3.8, 4) is 0 Å². The number of nitrogen functional groups attached to an aromatic ring is 1. The van der Waals surface area contributed by atoms with Crippen LogP contribution in [0.5, 0.6) is 0 Å². The summed E-state index contributed by atoms with van der Waals surface area (Å²) < 4.78 is 1.44. The molecule has 2 aliphatic rings. The third-order valence-corrected chi connectivity index (χ3v) is 5.20. The predicted octanol–water partition coefficient (Wildman–Crippen LogP) is 2.22. The van der Waals surface area contributed by atoms with Crippen molar-refractivity contribution in [2.75, 3.05) is 24.1 Å². The van der Waals surface area contributed by atoms with Gasteiger partial charge in [-0.2, -0.15) is 9.78 Å². The van der Waals surface area contributed by atoms with E-state index in [0.29, 0.717) is 5.82 Å². The number of hydrogen-bond donors (Lipinski definition) is 3. The first-order valence-electron chi connectivity index (χ1n) is 8.56. The average molecular weight is 325 g/mol. The molecule has 4 N–H and O–H groups in total. The molecule has 0 saturated heterocycles. The average Bonchev–Trinajstić information content (AvgIpc) is 2.92. The Balaban J connectivity index is 1.75. The van der Waals surface area contributed by atoms with Gasteiger partial charge in [-0.25, -0.2) is 0 Å². The lowest BCUT2D eigenvalue weighted by Crippen LogP contribution is -2.29. The number of anilines is 2. The molecule has 24 heavy (non-hydrogen) atoms. The predicted molar refractivity (Wildman–Crippen MR) is 94.4 cm³/mol. The van der Waals surface area contributed by atoms with Crippen LogP contribution >= 0.6 is 0 Å². The topological polar surface area (TPSA) is 85.0 Å². The Morgan fingerprint density at radius 1 is 1.38 bits per heavy atom. The number of nitrogens with one attached hydrogen (secondary N) is 2. The number of hydrogen-bond acceptors (Lipinski definition) is 5. The highest BCUT2D eigenvalue weighted by atomic mass is 16.2. The van der Waals surface area contributed by atoms with Crippen LogP contribution in [-0.2, 0) is 6.42 Å². The molecular formula is C18H23N5O. The van der Waals surface area contributed by atoms with E-state index in [1.165, 1.54) is 4.68 Å². The number of rotatable bonds is 1. The minimum Gasteiger partial charge on any atom is -0.385 e. The molecule has 2 atom stereocenters. The van der Waals surface area contributed by atoms with E-state index >= 15 is 0 Å². The summed E-state index contributed by atoms with van der Waals surface area (Å²) >= 11 is 0. The van der Waals surface area contributed by atoms with Crippen LogP contribution in [0.2, 0.25) is 0 Å². The van der Waals surface area contributed by atoms with Crippen molar-refractivity contribution in [2.24, 2.45) is 0 Å². The standard InChI is InChI=1S/C18H23N5O/c1-10-4-3-5-12-13(6-8-21-16(10)12)18(24)23-17(19)15-11(2)20-9-7-14(15)22-23/h3-5,11,13,20-21H,6-9,19H2,1-2H3. The summed E-state index contributed by atoms with van der Waals surface area (Å²) in [5.74, 6) is 0.262. The van der Waals surface area contributed by atoms with Gasteiger partial charge < -0.3 is 16.4 Å². The van der Waals surface area contributed by atoms with Gasteiger partial charge in [0.1, 0.15) is 5.82 Å². The Hall–Kier alpha value is -2.34. The number of fused-ring (bicyclic) bond motifs is 2. The van der Waals surface area contributed by atoms with E-state index < -0.39 is 0 Å². The van der Waals surface area contributed by atoms with Crippen molar-refractivity contribution in [1.29, 1.82) is 0 Å². The summed E-state index contributed by atoms with van der Waals surface area (Å²) in [6.45, 7) is 5.78. The van der Waals surface area contributed by atoms with E-state index in [9.17, 15) is 4.79 Å². The normalized spacial score (nSPS) is 22.4. The molecule has 3 heterocycles. The molecule has 1 aromatic heterocycles. The first-order valence-corrected chi connectivity index (χ1v) is 8.56. The minimum atomic E-state index is -0.201. The van der Waals surface area contributed by atoms with Gasteiger partial charge in [0.25, 0.3) is 5.91 Å². The zero-order valence-electron chi connectivity index (χ0n) is 14.1. The van der Waals surface area contributed by atoms with Gasteiger partial charge in [0, 0.05) is 36.8 Å². The second kappa shape index (κ2) is 5.63. The van der Waals surface area contributed by atoms with E-state index in [1.54, 1.807) is 0 Å². The first kappa shape index (κ1) is 15.2. The Morgan fingerprint density at radius 2 is 2.21 bits per heavy atom. The second-order valence-electron chi connectivity index (χ2n) is 6.73. The van der Waals surface area contributed by atoms with Crippen molar-refractivity contribution in [1.82, 2.24) is 15.1 Å². The molecule has 0 saturated carbocycles. The first-order chi connectivity index (χ1) is 11.6. The summed E-state index contributed by atoms with van der Waals surface area (Å²) in [6, 6.07) is 6.23. The van der Waals surface area contributed by atoms with E-state index in [0.717, 1.165) is 54.0 Å². The summed E-state index contributed by atoms with van der Waals surface area (Å²) in [4.78, 5) is 13.2. The zero-order valence-corrected chi connectivity index (χ0v) is 14.1. The number of carbonyl (C=O) groups is 1. The molecule has 2 aromatic rings. The highest BCUT2D eigenvalue weighted by molar-refractivity contribution is 5.90. The van der Waals surface area contributed by atoms with Crippen molar-refractivity contribution < 1.29 is 4.79 Å². The lowest BCUT2D eigenvalue weighted by atomic mass is 9.88. The Kier molecular flexibility index (Phi) is 3.57. The highest BCUT2D eigenvalue weighted by Gasteiger charge is 2.32. The van der Waals surface area contributed by atoms with Gasteiger partial charge in [-0.1, -0.05) is 18.2 Å². The smallest absolute Gasteiger partial charge is 0.256 e. The molecule has 0 radical (unpaired) electrons. The van der Waals surface area contributed by atoms with Crippen molar-refractivity contribution in [3.05, 3.63) is 40.6 Å². The van der Waals surface area contributed by atoms with Crippen LogP contribution in [0.25, 0.3) is 0 Å². The SMILES string of the molecule is Cc1cccc2c1NCCC2C(=O)n1nc2c(c1N)C(C)NCC2. The maximum absolute atomic E-state index is 13.2. The molecule has 0 spiro atoms. The molecular weight excluding hydrogens is 302 g/mol. The van der Waals surface area contributed by atoms with Crippen LogP contribution in [0.15, 0.2) is 18.2 Å². The summed E-state index contributed by atoms with van der Waals surface area (Å²) in [7, 11) is 0. The number of nitrogens with two attached hydrogens (primary N) is 1. The molecule has 0 bridgehead atoms. The molecule has 1 aromatic carbocycles. The molecule has 0 aliphatic carbocycles. The van der Waals surface area contributed by atoms with Crippen molar-refractivity contribution in [2.45, 2.75) is 38.6 Å². The summed E-state index contributed by atoms with van der Waals surface area (Å²) in [6.07, 6.45) is 1.57. The number of carbonyl (C=O) groups excluding carboxylic acids is 1. The van der Waals surface area contributed by atoms with Crippen LogP contribution < -0.4 is 16.4 Å². The fraction of sp³-hybridized carbons (Fsp3) is 0.444. The molecule has 6 nitrogen and oxygen atoms in total. The molecule has 0 fully saturated rings. The number of nitrogens with zero attached hydrogens (tertiary/aromatic N) is 2. The molecule has 2 unspecified atom stereocenters. The van der Waals surface area contributed by atoms with Gasteiger partial charge in [0.05, 0.1) is 11.6 Å². The maximum atomic E-state index is 13.2. The van der Waals surface area contributed by atoms with Gasteiger partial charge in [-0.05, 0) is 31.4 Å². The quantitative estimate of drug-likeness (QED) is 0.748. The molecule has 4 rings (SSSR count). The summed E-state index contributed by atoms with van der Waals surface area (Å²) in [5.41, 5.74) is 11.5. The van der Waals surface area contributed by atoms with Crippen LogP contribution in [0.1, 0.15) is 52.5 Å². The van der Waals surface area contributed by atoms with Gasteiger partial charge in [-0.3, -0.25) is 4.79 Å². The molecule has 126 valence electrons. The third kappa shape index (κ3) is 2.21. The maximum Gasteiger partial charge on any atom is 0.256 e. The van der Waals surface area contributed by atoms with Gasteiger partial charge >= 0.3 is 0 Å². The third-order valence-electron chi connectivity index (χ3n) is 5.20. The largest absolute Gasteiger partial charge is 0.385 e. The number of benzene rings is 1. The number of aryl methyl sites for hydroxylation is 1.